The molecule has 0 bridgehead atoms. The molecular formula is C7H16N4. The molecule has 0 aliphatic rings. The van der Waals surface area contributed by atoms with Crippen LogP contribution >= 0.6 is 0 Å². The summed E-state index contributed by atoms with van der Waals surface area (Å²) in [6.07, 6.45) is 2.86. The van der Waals surface area contributed by atoms with E-state index in [1.54, 1.807) is 0 Å². The smallest absolute Gasteiger partial charge is 0.169 e. The molecule has 0 aliphatic heterocycles. The largest absolute Gasteiger partial charge is 0.321 e. The summed E-state index contributed by atoms with van der Waals surface area (Å²) in [6.45, 7) is 4.33. The van der Waals surface area contributed by atoms with Gasteiger partial charge in [0.2, 0.25) is 0 Å². The van der Waals surface area contributed by atoms with Crippen molar-refractivity contribution in [1.29, 1.82) is 5.53 Å². The first kappa shape index (κ1) is 10.1. The number of amidine groups is 1. The normalized spacial score (nSPS) is 12.1. The first-order valence-electron chi connectivity index (χ1n) is 3.85. The lowest BCUT2D eigenvalue weighted by Crippen LogP contribution is -1.98. The predicted molar refractivity (Wildman–Crippen MR) is 45.5 cm³/mol. The number of rotatable bonds is 4. The minimum absolute atomic E-state index is 0.436. The summed E-state index contributed by atoms with van der Waals surface area (Å²) in [5, 5.41) is 6.54. The lowest BCUT2D eigenvalue weighted by atomic mass is 10.1. The Kier molecular flexibility index (Phi) is 5.33. The lowest BCUT2D eigenvalue weighted by Gasteiger charge is -2.01. The Labute approximate surface area is 67.4 Å². The van der Waals surface area contributed by atoms with Crippen LogP contribution in [0.15, 0.2) is 10.2 Å². The minimum atomic E-state index is 0.436. The van der Waals surface area contributed by atoms with Gasteiger partial charge in [-0.2, -0.15) is 5.10 Å². The summed E-state index contributed by atoms with van der Waals surface area (Å²) in [5.41, 5.74) is 6.66. The van der Waals surface area contributed by atoms with Gasteiger partial charge in [0.15, 0.2) is 5.84 Å². The number of nitrogens with two attached hydrogens (primary N) is 1. The van der Waals surface area contributed by atoms with Crippen molar-refractivity contribution in [3.8, 4) is 0 Å². The van der Waals surface area contributed by atoms with Crippen molar-refractivity contribution in [2.24, 2.45) is 22.0 Å². The van der Waals surface area contributed by atoms with Crippen LogP contribution in [0.2, 0.25) is 0 Å². The lowest BCUT2D eigenvalue weighted by molar-refractivity contribution is 0.563. The maximum Gasteiger partial charge on any atom is 0.169 e. The van der Waals surface area contributed by atoms with Crippen LogP contribution in [-0.2, 0) is 0 Å². The first-order chi connectivity index (χ1) is 5.20. The van der Waals surface area contributed by atoms with E-state index in [2.05, 4.69) is 24.1 Å². The average molecular weight is 156 g/mol. The second-order valence-corrected chi connectivity index (χ2v) is 2.94. The van der Waals surface area contributed by atoms with E-state index in [1.165, 1.54) is 0 Å². The molecule has 4 nitrogen and oxygen atoms in total. The molecule has 0 radical (unpaired) electrons. The van der Waals surface area contributed by atoms with Crippen molar-refractivity contribution in [2.45, 2.75) is 33.1 Å². The number of hydrogen-bond acceptors (Lipinski definition) is 3. The topological polar surface area (TPSA) is 74.6 Å². The van der Waals surface area contributed by atoms with Gasteiger partial charge >= 0.3 is 0 Å². The van der Waals surface area contributed by atoms with Gasteiger partial charge in [-0.15, -0.1) is 5.11 Å². The molecule has 3 N–H and O–H groups in total. The van der Waals surface area contributed by atoms with Crippen molar-refractivity contribution >= 4 is 5.84 Å². The Morgan fingerprint density at radius 1 is 1.55 bits per heavy atom. The van der Waals surface area contributed by atoms with Crippen LogP contribution in [0.4, 0.5) is 0 Å². The van der Waals surface area contributed by atoms with E-state index in [9.17, 15) is 0 Å². The summed E-state index contributed by atoms with van der Waals surface area (Å²) >= 11 is 0. The van der Waals surface area contributed by atoms with Crippen LogP contribution in [0.1, 0.15) is 33.1 Å². The number of hydrogen-bond donors (Lipinski definition) is 2. The molecular weight excluding hydrogens is 140 g/mol. The van der Waals surface area contributed by atoms with E-state index >= 15 is 0 Å². The Balaban J connectivity index is 3.45. The fourth-order valence-corrected chi connectivity index (χ4v) is 0.818. The number of nitrogens with one attached hydrogen (secondary N) is 1. The van der Waals surface area contributed by atoms with Gasteiger partial charge in [-0.3, -0.25) is 0 Å². The summed E-state index contributed by atoms with van der Waals surface area (Å²) in [4.78, 5) is 0. The van der Waals surface area contributed by atoms with Gasteiger partial charge in [0.05, 0.1) is 0 Å². The third-order valence-electron chi connectivity index (χ3n) is 1.46. The predicted octanol–water partition coefficient (Wildman–Crippen LogP) is 2.12. The number of hydrazone groups is 1. The molecule has 0 unspecified atom stereocenters. The molecule has 0 saturated heterocycles. The maximum atomic E-state index is 6.66. The van der Waals surface area contributed by atoms with Gasteiger partial charge in [-0.1, -0.05) is 20.3 Å². The Bertz CT molecular complexity index is 139. The average Bonchev–Trinajstić information content (AvgIpc) is 1.98. The van der Waals surface area contributed by atoms with Crippen LogP contribution in [-0.4, -0.2) is 5.84 Å². The van der Waals surface area contributed by atoms with Gasteiger partial charge in [-0.05, 0) is 12.3 Å². The maximum absolute atomic E-state index is 6.66. The van der Waals surface area contributed by atoms with E-state index in [1.807, 2.05) is 0 Å². The highest BCUT2D eigenvalue weighted by Gasteiger charge is 1.98. The second kappa shape index (κ2) is 5.82. The van der Waals surface area contributed by atoms with Crippen molar-refractivity contribution in [3.63, 3.8) is 0 Å². The van der Waals surface area contributed by atoms with E-state index in [-0.39, 0.29) is 0 Å². The Morgan fingerprint density at radius 2 is 2.18 bits per heavy atom. The molecule has 4 heteroatoms. The van der Waals surface area contributed by atoms with E-state index in [4.69, 9.17) is 11.4 Å². The minimum Gasteiger partial charge on any atom is -0.321 e. The third-order valence-corrected chi connectivity index (χ3v) is 1.46. The van der Waals surface area contributed by atoms with Crippen LogP contribution < -0.4 is 5.84 Å². The van der Waals surface area contributed by atoms with E-state index in [0.29, 0.717) is 11.8 Å². The zero-order valence-corrected chi connectivity index (χ0v) is 7.17. The SMILES string of the molecule is CC(C)CCC/C(N=N)=N/N. The molecule has 0 aromatic carbocycles. The van der Waals surface area contributed by atoms with Gasteiger partial charge in [-0.25, -0.2) is 5.53 Å². The zero-order chi connectivity index (χ0) is 8.69. The molecule has 11 heavy (non-hydrogen) atoms. The van der Waals surface area contributed by atoms with Crippen molar-refractivity contribution in [2.75, 3.05) is 0 Å². The molecule has 0 heterocycles. The summed E-state index contributed by atoms with van der Waals surface area (Å²) in [6, 6.07) is 0. The van der Waals surface area contributed by atoms with Crippen LogP contribution in [0.3, 0.4) is 0 Å². The van der Waals surface area contributed by atoms with Gasteiger partial charge < -0.3 is 5.84 Å². The van der Waals surface area contributed by atoms with Crippen molar-refractivity contribution < 1.29 is 0 Å². The van der Waals surface area contributed by atoms with Crippen molar-refractivity contribution in [1.82, 2.24) is 0 Å². The van der Waals surface area contributed by atoms with Gasteiger partial charge in [0.25, 0.3) is 0 Å². The molecule has 0 saturated carbocycles. The molecule has 0 fully saturated rings. The quantitative estimate of drug-likeness (QED) is 0.211. The molecule has 0 aliphatic carbocycles. The van der Waals surface area contributed by atoms with Crippen molar-refractivity contribution in [3.05, 3.63) is 0 Å². The Hall–Kier alpha value is -0.930. The van der Waals surface area contributed by atoms with Crippen LogP contribution in [0.25, 0.3) is 0 Å². The highest BCUT2D eigenvalue weighted by atomic mass is 15.2. The van der Waals surface area contributed by atoms with E-state index < -0.39 is 0 Å². The molecule has 0 aromatic heterocycles. The number of nitrogens with zero attached hydrogens (tertiary/aromatic N) is 2. The molecule has 0 rings (SSSR count). The standard InChI is InChI=1S/C7H16N4/c1-6(2)4-3-5-7(10-8)11-9/h6,8H,3-5,9H2,1-2H3/b10-8?,11-7-. The van der Waals surface area contributed by atoms with Crippen LogP contribution in [0.5, 0.6) is 0 Å². The van der Waals surface area contributed by atoms with Gasteiger partial charge in [0, 0.05) is 6.42 Å². The second-order valence-electron chi connectivity index (χ2n) is 2.94. The molecule has 0 spiro atoms. The fourth-order valence-electron chi connectivity index (χ4n) is 0.818. The molecule has 0 aromatic rings. The molecule has 0 atom stereocenters. The molecule has 64 valence electrons. The first-order valence-corrected chi connectivity index (χ1v) is 3.85. The fraction of sp³-hybridized carbons (Fsp3) is 0.857. The monoisotopic (exact) mass is 156 g/mol. The Morgan fingerprint density at radius 3 is 2.55 bits per heavy atom. The van der Waals surface area contributed by atoms with Crippen LogP contribution in [0, 0.1) is 11.4 Å². The zero-order valence-electron chi connectivity index (χ0n) is 7.17. The molecule has 0 amide bonds. The summed E-state index contributed by atoms with van der Waals surface area (Å²) in [7, 11) is 0. The van der Waals surface area contributed by atoms with E-state index in [0.717, 1.165) is 19.3 Å². The highest BCUT2D eigenvalue weighted by Crippen LogP contribution is 2.06. The van der Waals surface area contributed by atoms with Gasteiger partial charge in [0.1, 0.15) is 0 Å². The summed E-state index contributed by atoms with van der Waals surface area (Å²) < 4.78 is 0. The highest BCUT2D eigenvalue weighted by molar-refractivity contribution is 5.81. The third kappa shape index (κ3) is 5.51. The summed E-state index contributed by atoms with van der Waals surface area (Å²) in [5.74, 6) is 6.10.